The van der Waals surface area contributed by atoms with Crippen molar-refractivity contribution >= 4 is 0 Å². The van der Waals surface area contributed by atoms with Crippen molar-refractivity contribution < 1.29 is 5.11 Å². The largest absolute Gasteiger partial charge is 0.493 e. The minimum Gasteiger partial charge on any atom is -0.493 e. The lowest BCUT2D eigenvalue weighted by Crippen LogP contribution is -1.96. The lowest BCUT2D eigenvalue weighted by atomic mass is 10.1. The van der Waals surface area contributed by atoms with Crippen molar-refractivity contribution in [2.75, 3.05) is 0 Å². The molecule has 0 saturated carbocycles. The lowest BCUT2D eigenvalue weighted by molar-refractivity contribution is 0.430. The Kier molecular flexibility index (Phi) is 3.26. The quantitative estimate of drug-likeness (QED) is 0.764. The fraction of sp³-hybridized carbons (Fsp3) is 0.167. The smallest absolute Gasteiger partial charge is 0.217 e. The van der Waals surface area contributed by atoms with Gasteiger partial charge in [-0.3, -0.25) is 0 Å². The summed E-state index contributed by atoms with van der Waals surface area (Å²) in [7, 11) is 0. The van der Waals surface area contributed by atoms with E-state index >= 15 is 0 Å². The molecule has 0 radical (unpaired) electrons. The van der Waals surface area contributed by atoms with Crippen LogP contribution in [-0.4, -0.2) is 14.9 Å². The summed E-state index contributed by atoms with van der Waals surface area (Å²) in [6.45, 7) is 5.98. The van der Waals surface area contributed by atoms with Gasteiger partial charge in [-0.2, -0.15) is 5.10 Å². The van der Waals surface area contributed by atoms with E-state index in [4.69, 9.17) is 0 Å². The number of aryl methyl sites for hydroxylation is 2. The third-order valence-corrected chi connectivity index (χ3v) is 3.69. The molecule has 3 nitrogen and oxygen atoms in total. The number of nitrogens with zero attached hydrogens (tertiary/aromatic N) is 2. The van der Waals surface area contributed by atoms with Crippen LogP contribution in [0.4, 0.5) is 0 Å². The van der Waals surface area contributed by atoms with Gasteiger partial charge in [-0.25, -0.2) is 4.68 Å². The zero-order valence-electron chi connectivity index (χ0n) is 12.5. The SMILES string of the molecule is Cc1ccc(-c2nn(-c3ccc(C)cc3)c(O)c2C)cc1. The number of aromatic nitrogens is 2. The molecule has 0 aliphatic heterocycles. The number of hydrogen-bond acceptors (Lipinski definition) is 2. The van der Waals surface area contributed by atoms with Crippen LogP contribution in [0.5, 0.6) is 5.88 Å². The first-order chi connectivity index (χ1) is 10.1. The van der Waals surface area contributed by atoms with Gasteiger partial charge < -0.3 is 5.11 Å². The van der Waals surface area contributed by atoms with Gasteiger partial charge in [-0.05, 0) is 32.9 Å². The highest BCUT2D eigenvalue weighted by molar-refractivity contribution is 5.66. The summed E-state index contributed by atoms with van der Waals surface area (Å²) < 4.78 is 1.59. The molecule has 0 atom stereocenters. The Hall–Kier alpha value is -2.55. The van der Waals surface area contributed by atoms with E-state index < -0.39 is 0 Å². The van der Waals surface area contributed by atoms with Gasteiger partial charge in [0.25, 0.3) is 0 Å². The molecule has 0 aliphatic carbocycles. The molecule has 0 bridgehead atoms. The highest BCUT2D eigenvalue weighted by Gasteiger charge is 2.15. The summed E-state index contributed by atoms with van der Waals surface area (Å²) >= 11 is 0. The molecule has 0 amide bonds. The minimum absolute atomic E-state index is 0.189. The second-order valence-corrected chi connectivity index (χ2v) is 5.41. The van der Waals surface area contributed by atoms with Gasteiger partial charge in [0.1, 0.15) is 0 Å². The normalized spacial score (nSPS) is 10.8. The molecule has 1 heterocycles. The van der Waals surface area contributed by atoms with Gasteiger partial charge >= 0.3 is 0 Å². The monoisotopic (exact) mass is 278 g/mol. The third kappa shape index (κ3) is 2.42. The third-order valence-electron chi connectivity index (χ3n) is 3.69. The van der Waals surface area contributed by atoms with Crippen molar-refractivity contribution in [3.63, 3.8) is 0 Å². The van der Waals surface area contributed by atoms with Gasteiger partial charge in [-0.1, -0.05) is 47.5 Å². The van der Waals surface area contributed by atoms with Crippen LogP contribution in [0.3, 0.4) is 0 Å². The maximum absolute atomic E-state index is 10.4. The van der Waals surface area contributed by atoms with E-state index in [0.717, 1.165) is 22.5 Å². The summed E-state index contributed by atoms with van der Waals surface area (Å²) in [4.78, 5) is 0. The van der Waals surface area contributed by atoms with Crippen molar-refractivity contribution in [3.8, 4) is 22.8 Å². The summed E-state index contributed by atoms with van der Waals surface area (Å²) in [6.07, 6.45) is 0. The molecule has 21 heavy (non-hydrogen) atoms. The van der Waals surface area contributed by atoms with Crippen LogP contribution in [0.1, 0.15) is 16.7 Å². The molecular weight excluding hydrogens is 260 g/mol. The number of benzene rings is 2. The summed E-state index contributed by atoms with van der Waals surface area (Å²) in [6, 6.07) is 16.1. The average Bonchev–Trinajstić information content (AvgIpc) is 2.78. The Morgan fingerprint density at radius 3 is 1.90 bits per heavy atom. The molecule has 3 rings (SSSR count). The van der Waals surface area contributed by atoms with E-state index in [-0.39, 0.29) is 5.88 Å². The van der Waals surface area contributed by atoms with E-state index in [1.807, 2.05) is 50.2 Å². The van der Waals surface area contributed by atoms with E-state index in [1.165, 1.54) is 11.1 Å². The maximum atomic E-state index is 10.4. The first-order valence-electron chi connectivity index (χ1n) is 6.99. The van der Waals surface area contributed by atoms with E-state index in [0.29, 0.717) is 0 Å². The Balaban J connectivity index is 2.11. The van der Waals surface area contributed by atoms with Gasteiger partial charge in [0.2, 0.25) is 5.88 Å². The molecule has 2 aromatic carbocycles. The van der Waals surface area contributed by atoms with Crippen molar-refractivity contribution in [1.82, 2.24) is 9.78 Å². The summed E-state index contributed by atoms with van der Waals surface area (Å²) in [5.74, 6) is 0.189. The van der Waals surface area contributed by atoms with Crippen molar-refractivity contribution in [2.45, 2.75) is 20.8 Å². The molecule has 106 valence electrons. The molecule has 1 N–H and O–H groups in total. The predicted octanol–water partition coefficient (Wildman–Crippen LogP) is 4.17. The number of aromatic hydroxyl groups is 1. The van der Waals surface area contributed by atoms with Gasteiger partial charge in [0.05, 0.1) is 11.4 Å². The fourth-order valence-corrected chi connectivity index (χ4v) is 2.34. The van der Waals surface area contributed by atoms with Gasteiger partial charge in [0.15, 0.2) is 0 Å². The van der Waals surface area contributed by atoms with Crippen LogP contribution in [-0.2, 0) is 0 Å². The first-order valence-corrected chi connectivity index (χ1v) is 6.99. The van der Waals surface area contributed by atoms with Crippen molar-refractivity contribution in [1.29, 1.82) is 0 Å². The number of hydrogen-bond donors (Lipinski definition) is 1. The Labute approximate surface area is 124 Å². The van der Waals surface area contributed by atoms with Crippen LogP contribution in [0, 0.1) is 20.8 Å². The summed E-state index contributed by atoms with van der Waals surface area (Å²) in [5.41, 5.74) is 5.87. The van der Waals surface area contributed by atoms with E-state index in [1.54, 1.807) is 4.68 Å². The Morgan fingerprint density at radius 2 is 1.33 bits per heavy atom. The van der Waals surface area contributed by atoms with Crippen LogP contribution < -0.4 is 0 Å². The first kappa shape index (κ1) is 13.4. The standard InChI is InChI=1S/C18H18N2O/c1-12-4-8-15(9-5-12)17-14(3)18(21)20(19-17)16-10-6-13(2)7-11-16/h4-11,21H,1-3H3. The second-order valence-electron chi connectivity index (χ2n) is 5.41. The molecule has 0 unspecified atom stereocenters. The fourth-order valence-electron chi connectivity index (χ4n) is 2.34. The highest BCUT2D eigenvalue weighted by Crippen LogP contribution is 2.31. The van der Waals surface area contributed by atoms with E-state index in [2.05, 4.69) is 24.2 Å². The molecule has 0 spiro atoms. The molecule has 1 aromatic heterocycles. The Morgan fingerprint density at radius 1 is 0.810 bits per heavy atom. The molecule has 3 heteroatoms. The second kappa shape index (κ2) is 5.09. The molecule has 3 aromatic rings. The van der Waals surface area contributed by atoms with Crippen LogP contribution in [0.25, 0.3) is 16.9 Å². The van der Waals surface area contributed by atoms with Gasteiger partial charge in [0, 0.05) is 11.1 Å². The zero-order chi connectivity index (χ0) is 15.0. The molecule has 0 aliphatic rings. The van der Waals surface area contributed by atoms with E-state index in [9.17, 15) is 5.11 Å². The maximum Gasteiger partial charge on any atom is 0.217 e. The summed E-state index contributed by atoms with van der Waals surface area (Å²) in [5, 5.41) is 14.9. The van der Waals surface area contributed by atoms with Crippen LogP contribution in [0.15, 0.2) is 48.5 Å². The molecule has 0 fully saturated rings. The highest BCUT2D eigenvalue weighted by atomic mass is 16.3. The van der Waals surface area contributed by atoms with Gasteiger partial charge in [-0.15, -0.1) is 0 Å². The molecule has 0 saturated heterocycles. The zero-order valence-corrected chi connectivity index (χ0v) is 12.5. The number of rotatable bonds is 2. The molecular formula is C18H18N2O. The minimum atomic E-state index is 0.189. The van der Waals surface area contributed by atoms with Crippen molar-refractivity contribution in [2.24, 2.45) is 0 Å². The van der Waals surface area contributed by atoms with Crippen LogP contribution >= 0.6 is 0 Å². The van der Waals surface area contributed by atoms with Crippen molar-refractivity contribution in [3.05, 3.63) is 65.2 Å². The van der Waals surface area contributed by atoms with Crippen LogP contribution in [0.2, 0.25) is 0 Å². The lowest BCUT2D eigenvalue weighted by Gasteiger charge is -2.03. The Bertz CT molecular complexity index is 702. The topological polar surface area (TPSA) is 38.0 Å². The average molecular weight is 278 g/mol. The predicted molar refractivity (Wildman–Crippen MR) is 84.9 cm³/mol.